The summed E-state index contributed by atoms with van der Waals surface area (Å²) in [6, 6.07) is 9.05. The first-order valence-electron chi connectivity index (χ1n) is 7.81. The lowest BCUT2D eigenvalue weighted by Gasteiger charge is -2.11. The Balaban J connectivity index is 1.71. The Morgan fingerprint density at radius 2 is 1.92 bits per heavy atom. The fourth-order valence-corrected chi connectivity index (χ4v) is 3.02. The van der Waals surface area contributed by atoms with Gasteiger partial charge in [0, 0.05) is 11.8 Å². The number of H-pyrrole nitrogens is 1. The lowest BCUT2D eigenvalue weighted by molar-refractivity contribution is 0.527. The average molecular weight is 347 g/mol. The predicted octanol–water partition coefficient (Wildman–Crippen LogP) is 2.80. The summed E-state index contributed by atoms with van der Waals surface area (Å²) >= 11 is -1.68. The van der Waals surface area contributed by atoms with Gasteiger partial charge in [-0.15, -0.1) is 10.2 Å². The second-order valence-electron chi connectivity index (χ2n) is 6.09. The van der Waals surface area contributed by atoms with Crippen molar-refractivity contribution in [3.63, 3.8) is 0 Å². The molecule has 0 aliphatic carbocycles. The SMILES string of the molecule is Cc1ccc(OS(=O)NC(C)c2nnc3cc(C(C)C)[nH]n23)cc1. The van der Waals surface area contributed by atoms with E-state index in [-0.39, 0.29) is 6.04 Å². The number of nitrogens with zero attached hydrogens (tertiary/aromatic N) is 3. The molecule has 0 fully saturated rings. The van der Waals surface area contributed by atoms with E-state index in [1.807, 2.05) is 32.0 Å². The van der Waals surface area contributed by atoms with Crippen molar-refractivity contribution in [1.82, 2.24) is 24.5 Å². The van der Waals surface area contributed by atoms with Crippen molar-refractivity contribution in [2.24, 2.45) is 0 Å². The zero-order chi connectivity index (χ0) is 17.3. The van der Waals surface area contributed by atoms with Crippen LogP contribution in [-0.2, 0) is 11.3 Å². The zero-order valence-corrected chi connectivity index (χ0v) is 14.9. The van der Waals surface area contributed by atoms with Gasteiger partial charge in [-0.2, -0.15) is 8.93 Å². The van der Waals surface area contributed by atoms with E-state index in [4.69, 9.17) is 4.18 Å². The second kappa shape index (κ2) is 6.74. The molecule has 7 nitrogen and oxygen atoms in total. The summed E-state index contributed by atoms with van der Waals surface area (Å²) in [4.78, 5) is 0. The van der Waals surface area contributed by atoms with E-state index in [0.717, 1.165) is 16.9 Å². The summed E-state index contributed by atoms with van der Waals surface area (Å²) in [5, 5.41) is 11.6. The maximum absolute atomic E-state index is 12.2. The molecule has 3 aromatic rings. The van der Waals surface area contributed by atoms with E-state index in [1.165, 1.54) is 0 Å². The molecule has 0 spiro atoms. The third-order valence-electron chi connectivity index (χ3n) is 3.71. The van der Waals surface area contributed by atoms with Gasteiger partial charge >= 0.3 is 0 Å². The van der Waals surface area contributed by atoms with Gasteiger partial charge in [0.25, 0.3) is 11.3 Å². The molecule has 128 valence electrons. The minimum absolute atomic E-state index is 0.301. The Bertz CT molecular complexity index is 853. The largest absolute Gasteiger partial charge is 0.389 e. The van der Waals surface area contributed by atoms with E-state index < -0.39 is 11.3 Å². The monoisotopic (exact) mass is 347 g/mol. The average Bonchev–Trinajstić information content (AvgIpc) is 3.09. The number of hydrogen-bond acceptors (Lipinski definition) is 4. The maximum atomic E-state index is 12.2. The topological polar surface area (TPSA) is 84.3 Å². The summed E-state index contributed by atoms with van der Waals surface area (Å²) in [5.74, 6) is 1.56. The number of benzene rings is 1. The van der Waals surface area contributed by atoms with Gasteiger partial charge in [0.05, 0.1) is 6.04 Å². The number of rotatable bonds is 6. The molecule has 2 N–H and O–H groups in total. The van der Waals surface area contributed by atoms with E-state index in [2.05, 4.69) is 33.9 Å². The highest BCUT2D eigenvalue weighted by Crippen LogP contribution is 2.18. The highest BCUT2D eigenvalue weighted by atomic mass is 32.2. The van der Waals surface area contributed by atoms with Crippen LogP contribution in [0.2, 0.25) is 0 Å². The molecule has 2 aromatic heterocycles. The van der Waals surface area contributed by atoms with Gasteiger partial charge < -0.3 is 4.18 Å². The molecule has 3 rings (SSSR count). The lowest BCUT2D eigenvalue weighted by atomic mass is 10.1. The number of aromatic amines is 1. The van der Waals surface area contributed by atoms with Gasteiger partial charge in [-0.25, -0.2) is 4.52 Å². The van der Waals surface area contributed by atoms with Crippen molar-refractivity contribution in [3.8, 4) is 5.75 Å². The summed E-state index contributed by atoms with van der Waals surface area (Å²) in [7, 11) is 0. The van der Waals surface area contributed by atoms with Crippen molar-refractivity contribution in [1.29, 1.82) is 0 Å². The quantitative estimate of drug-likeness (QED) is 0.718. The van der Waals surface area contributed by atoms with E-state index in [1.54, 1.807) is 16.6 Å². The van der Waals surface area contributed by atoms with E-state index in [0.29, 0.717) is 17.5 Å². The molecule has 0 amide bonds. The first-order chi connectivity index (χ1) is 11.4. The first-order valence-corrected chi connectivity index (χ1v) is 8.88. The Labute approximate surface area is 143 Å². The molecule has 2 heterocycles. The van der Waals surface area contributed by atoms with Crippen LogP contribution in [0, 0.1) is 6.92 Å². The third kappa shape index (κ3) is 3.49. The highest BCUT2D eigenvalue weighted by molar-refractivity contribution is 7.78. The zero-order valence-electron chi connectivity index (χ0n) is 14.1. The van der Waals surface area contributed by atoms with Crippen molar-refractivity contribution >= 4 is 16.9 Å². The van der Waals surface area contributed by atoms with E-state index in [9.17, 15) is 4.21 Å². The van der Waals surface area contributed by atoms with Gasteiger partial charge in [-0.1, -0.05) is 31.5 Å². The van der Waals surface area contributed by atoms with Crippen LogP contribution in [0.25, 0.3) is 5.65 Å². The normalized spacial score (nSPS) is 14.2. The standard InChI is InChI=1S/C16H21N5O2S/c1-10(2)14-9-15-17-18-16(21(15)19-14)12(4)20-24(22)23-13-7-5-11(3)6-8-13/h5-10,12,19-20H,1-4H3. The molecular weight excluding hydrogens is 326 g/mol. The molecule has 0 radical (unpaired) electrons. The van der Waals surface area contributed by atoms with Crippen molar-refractivity contribution in [3.05, 3.63) is 47.4 Å². The smallest absolute Gasteiger partial charge is 0.288 e. The van der Waals surface area contributed by atoms with Crippen LogP contribution in [-0.4, -0.2) is 24.0 Å². The summed E-state index contributed by atoms with van der Waals surface area (Å²) < 4.78 is 22.2. The molecule has 2 atom stereocenters. The molecule has 8 heteroatoms. The molecule has 0 saturated heterocycles. The Hall–Kier alpha value is -2.19. The van der Waals surface area contributed by atoms with Crippen LogP contribution < -0.4 is 8.91 Å². The van der Waals surface area contributed by atoms with Crippen LogP contribution in [0.1, 0.15) is 49.8 Å². The maximum Gasteiger partial charge on any atom is 0.288 e. The number of fused-ring (bicyclic) bond motifs is 1. The lowest BCUT2D eigenvalue weighted by Crippen LogP contribution is -2.26. The molecule has 2 unspecified atom stereocenters. The minimum atomic E-state index is -1.68. The van der Waals surface area contributed by atoms with Gasteiger partial charge in [-0.05, 0) is 31.9 Å². The van der Waals surface area contributed by atoms with Crippen LogP contribution >= 0.6 is 0 Å². The first kappa shape index (κ1) is 16.7. The molecule has 0 saturated carbocycles. The molecule has 0 bridgehead atoms. The Morgan fingerprint density at radius 3 is 2.58 bits per heavy atom. The van der Waals surface area contributed by atoms with Crippen molar-refractivity contribution in [2.45, 2.75) is 39.7 Å². The van der Waals surface area contributed by atoms with Crippen molar-refractivity contribution < 1.29 is 8.39 Å². The molecular formula is C16H21N5O2S. The van der Waals surface area contributed by atoms with Crippen LogP contribution in [0.3, 0.4) is 0 Å². The summed E-state index contributed by atoms with van der Waals surface area (Å²) in [6.07, 6.45) is 0. The predicted molar refractivity (Wildman–Crippen MR) is 92.9 cm³/mol. The van der Waals surface area contributed by atoms with Gasteiger partial charge in [0.2, 0.25) is 0 Å². The fraction of sp³-hybridized carbons (Fsp3) is 0.375. The minimum Gasteiger partial charge on any atom is -0.389 e. The van der Waals surface area contributed by atoms with E-state index >= 15 is 0 Å². The molecule has 0 aliphatic heterocycles. The van der Waals surface area contributed by atoms with Gasteiger partial charge in [-0.3, -0.25) is 5.10 Å². The summed E-state index contributed by atoms with van der Waals surface area (Å²) in [6.45, 7) is 8.05. The second-order valence-corrected chi connectivity index (χ2v) is 6.96. The number of aromatic nitrogens is 4. The Morgan fingerprint density at radius 1 is 1.21 bits per heavy atom. The number of nitrogens with one attached hydrogen (secondary N) is 2. The van der Waals surface area contributed by atoms with Crippen LogP contribution in [0.15, 0.2) is 30.3 Å². The third-order valence-corrected chi connectivity index (χ3v) is 4.60. The van der Waals surface area contributed by atoms with Gasteiger partial charge in [0.15, 0.2) is 11.5 Å². The molecule has 0 aliphatic rings. The highest BCUT2D eigenvalue weighted by Gasteiger charge is 2.19. The summed E-state index contributed by atoms with van der Waals surface area (Å²) in [5.41, 5.74) is 2.94. The number of aryl methyl sites for hydroxylation is 1. The fourth-order valence-electron chi connectivity index (χ4n) is 2.30. The van der Waals surface area contributed by atoms with Crippen molar-refractivity contribution in [2.75, 3.05) is 0 Å². The molecule has 24 heavy (non-hydrogen) atoms. The Kier molecular flexibility index (Phi) is 4.68. The molecule has 1 aromatic carbocycles. The van der Waals surface area contributed by atoms with Crippen LogP contribution in [0.5, 0.6) is 5.75 Å². The van der Waals surface area contributed by atoms with Crippen LogP contribution in [0.4, 0.5) is 0 Å². The number of hydrogen-bond donors (Lipinski definition) is 2. The van der Waals surface area contributed by atoms with Gasteiger partial charge in [0.1, 0.15) is 5.75 Å².